The van der Waals surface area contributed by atoms with E-state index >= 15 is 0 Å². The van der Waals surface area contributed by atoms with Crippen LogP contribution in [0, 0.1) is 0 Å². The van der Waals surface area contributed by atoms with Crippen LogP contribution < -0.4 is 0 Å². The molecule has 0 atom stereocenters. The van der Waals surface area contributed by atoms with Crippen molar-refractivity contribution in [2.75, 3.05) is 6.61 Å². The number of carbonyl (C=O) groups excluding carboxylic acids is 1. The van der Waals surface area contributed by atoms with E-state index in [0.29, 0.717) is 6.61 Å². The Bertz CT molecular complexity index is 62.1. The molecule has 276 valence electrons. The second-order valence-electron chi connectivity index (χ2n) is 0.925. The highest BCUT2D eigenvalue weighted by molar-refractivity contribution is 5.65. The molecule has 0 fully saturated rings. The Morgan fingerprint density at radius 2 is 0.417 bits per heavy atom. The number of ether oxygens (including phenoxy) is 1. The van der Waals surface area contributed by atoms with Gasteiger partial charge in [-0.1, -0.05) is 0 Å². The van der Waals surface area contributed by atoms with E-state index in [0.717, 1.165) is 0 Å². The van der Waals surface area contributed by atoms with E-state index in [9.17, 15) is 4.79 Å². The molecule has 0 heterocycles. The summed E-state index contributed by atoms with van der Waals surface area (Å²) in [5.41, 5.74) is 0. The van der Waals surface area contributed by atoms with Crippen molar-refractivity contribution in [3.63, 3.8) is 0 Å². The lowest BCUT2D eigenvalue weighted by Crippen LogP contribution is -1.95. The molecule has 36 heavy (non-hydrogen) atoms. The van der Waals surface area contributed by atoms with E-state index in [1.165, 1.54) is 6.92 Å². The summed E-state index contributed by atoms with van der Waals surface area (Å²) in [6, 6.07) is 0. The maximum absolute atomic E-state index is 9.82. The summed E-state index contributed by atoms with van der Waals surface area (Å²) in [6.45, 7) is 3.65. The van der Waals surface area contributed by atoms with Crippen molar-refractivity contribution in [2.45, 2.75) is 13.8 Å². The summed E-state index contributed by atoms with van der Waals surface area (Å²) in [7, 11) is 0. The van der Waals surface area contributed by atoms with Crippen LogP contribution in [0.4, 0.5) is 0 Å². The minimum Gasteiger partial charge on any atom is -0.466 e. The molecule has 0 spiro atoms. The Hall–Kier alpha value is -1.73. The lowest BCUT2D eigenvalue weighted by molar-refractivity contribution is -0.140. The van der Waals surface area contributed by atoms with E-state index in [1.807, 2.05) is 0 Å². The van der Waals surface area contributed by atoms with Crippen LogP contribution in [-0.4, -0.2) is 177 Å². The molecule has 0 aromatic carbocycles. The van der Waals surface area contributed by atoms with Crippen LogP contribution in [0.15, 0.2) is 0 Å². The highest BCUT2D eigenvalue weighted by Crippen LogP contribution is 1.69. The number of carbonyl (C=O) groups is 1. The highest BCUT2D eigenvalue weighted by Gasteiger charge is 1.81. The molecule has 0 rings (SSSR count). The number of hydrogen-bond donors (Lipinski definition) is 0. The van der Waals surface area contributed by atoms with Gasteiger partial charge in [0, 0.05) is 6.92 Å². The van der Waals surface area contributed by atoms with Crippen LogP contribution in [0.3, 0.4) is 0 Å². The fraction of sp³-hybridized carbons (Fsp3) is 0.750. The minimum atomic E-state index is -0.211. The van der Waals surface area contributed by atoms with E-state index in [4.69, 9.17) is 0 Å². The van der Waals surface area contributed by atoms with E-state index < -0.39 is 0 Å². The minimum absolute atomic E-state index is 0. The van der Waals surface area contributed by atoms with Gasteiger partial charge in [0.15, 0.2) is 0 Å². The van der Waals surface area contributed by atoms with Gasteiger partial charge in [-0.25, -0.2) is 0 Å². The molecule has 0 bridgehead atoms. The quantitative estimate of drug-likeness (QED) is 0.255. The third-order valence-electron chi connectivity index (χ3n) is 0.348. The lowest BCUT2D eigenvalue weighted by Gasteiger charge is -1.89. The molecule has 32 nitrogen and oxygen atoms in total. The maximum atomic E-state index is 9.82. The van der Waals surface area contributed by atoms with Gasteiger partial charge in [0.25, 0.3) is 0 Å². The molecule has 0 aromatic heterocycles. The van der Waals surface area contributed by atoms with Gasteiger partial charge in [-0.3, -0.25) is 4.79 Å². The van der Waals surface area contributed by atoms with Crippen molar-refractivity contribution >= 4 is 5.97 Å². The van der Waals surface area contributed by atoms with Crippen LogP contribution in [0.1, 0.15) is 13.8 Å². The topological polar surface area (TPSA) is 971 Å². The third-order valence-corrected chi connectivity index (χ3v) is 0.348. The first kappa shape index (κ1) is 3550. The molecule has 0 aliphatic rings. The zero-order chi connectivity index (χ0) is 4.99. The molecule has 0 radical (unpaired) electrons. The predicted octanol–water partition coefficient (Wildman–Crippen LogP) is -24.2. The Labute approximate surface area is 202 Å². The van der Waals surface area contributed by atoms with Crippen molar-refractivity contribution in [1.82, 2.24) is 0 Å². The van der Waals surface area contributed by atoms with Gasteiger partial charge in [-0.2, -0.15) is 0 Å². The maximum Gasteiger partial charge on any atom is 0.302 e. The number of esters is 1. The summed E-state index contributed by atoms with van der Waals surface area (Å²) in [5, 5.41) is 0. The third kappa shape index (κ3) is 19600. The molecular weight excluding hydrogens is 560 g/mol. The van der Waals surface area contributed by atoms with Gasteiger partial charge in [-0.15, -0.1) is 0 Å². The SMILES string of the molecule is CCOC(C)=O.O.O.O.O.O.O.O.O.O.O.O.O.O.O.O.O.O.O.O.O.O.O.O.O.O.O.O.O.O.O. The van der Waals surface area contributed by atoms with Crippen LogP contribution in [0.2, 0.25) is 0 Å². The van der Waals surface area contributed by atoms with Crippen molar-refractivity contribution in [2.24, 2.45) is 0 Å². The Balaban J connectivity index is -0.000000000287. The first-order valence-corrected chi connectivity index (χ1v) is 1.90. The Morgan fingerprint density at radius 1 is 0.333 bits per heavy atom. The average molecular weight is 629 g/mol. The molecule has 0 aliphatic heterocycles. The number of rotatable bonds is 1. The van der Waals surface area contributed by atoms with Gasteiger partial charge in [0.2, 0.25) is 0 Å². The highest BCUT2D eigenvalue weighted by atomic mass is 16.5. The van der Waals surface area contributed by atoms with Gasteiger partial charge >= 0.3 is 5.97 Å². The molecule has 0 amide bonds. The first-order valence-electron chi connectivity index (χ1n) is 1.90. The first-order chi connectivity index (χ1) is 2.77. The van der Waals surface area contributed by atoms with Gasteiger partial charge in [0.05, 0.1) is 6.61 Å². The van der Waals surface area contributed by atoms with E-state index in [2.05, 4.69) is 4.74 Å². The fourth-order valence-corrected chi connectivity index (χ4v) is 0.203. The van der Waals surface area contributed by atoms with Gasteiger partial charge in [-0.05, 0) is 6.92 Å². The molecule has 0 aromatic rings. The van der Waals surface area contributed by atoms with Gasteiger partial charge < -0.3 is 169 Å². The second kappa shape index (κ2) is 3240. The Kier molecular flexibility index (Phi) is 319000. The molecule has 0 unspecified atom stereocenters. The largest absolute Gasteiger partial charge is 0.466 e. The van der Waals surface area contributed by atoms with Crippen molar-refractivity contribution in [3.05, 3.63) is 0 Å². The van der Waals surface area contributed by atoms with Crippen LogP contribution >= 0.6 is 0 Å². The lowest BCUT2D eigenvalue weighted by atomic mass is 10.8. The normalized spacial score (nSPS) is 1.28. The predicted molar refractivity (Wildman–Crippen MR) is 131 cm³/mol. The van der Waals surface area contributed by atoms with Crippen LogP contribution in [0.25, 0.3) is 0 Å². The van der Waals surface area contributed by atoms with Crippen LogP contribution in [-0.2, 0) is 9.53 Å². The second-order valence-corrected chi connectivity index (χ2v) is 0.925. The van der Waals surface area contributed by atoms with Crippen molar-refractivity contribution in [1.29, 1.82) is 0 Å². The van der Waals surface area contributed by atoms with Crippen molar-refractivity contribution in [3.8, 4) is 0 Å². The van der Waals surface area contributed by atoms with Crippen molar-refractivity contribution < 1.29 is 174 Å². The Morgan fingerprint density at radius 3 is 0.417 bits per heavy atom. The monoisotopic (exact) mass is 628 g/mol. The van der Waals surface area contributed by atoms with E-state index in [1.54, 1.807) is 6.92 Å². The molecule has 0 saturated heterocycles. The summed E-state index contributed by atoms with van der Waals surface area (Å²) in [5.74, 6) is -0.211. The van der Waals surface area contributed by atoms with Crippen LogP contribution in [0.5, 0.6) is 0 Å². The summed E-state index contributed by atoms with van der Waals surface area (Å²) in [6.07, 6.45) is 0. The summed E-state index contributed by atoms with van der Waals surface area (Å²) in [4.78, 5) is 9.82. The summed E-state index contributed by atoms with van der Waals surface area (Å²) < 4.78 is 4.40. The molecular formula is C4H68O32. The standard InChI is InChI=1S/C4H8O2.30H2O/c1-3-6-4(2)5;;;;;;;;;;;;;;;;;;;;;;;;;;;;;;/h3H2,1-2H3;30*1H2. The zero-order valence-electron chi connectivity index (χ0n) is 19.0. The zero-order valence-corrected chi connectivity index (χ0v) is 19.0. The molecule has 60 N–H and O–H groups in total. The van der Waals surface area contributed by atoms with Gasteiger partial charge in [0.1, 0.15) is 0 Å². The fourth-order valence-electron chi connectivity index (χ4n) is 0.203. The van der Waals surface area contributed by atoms with E-state index in [-0.39, 0.29) is 170 Å². The molecule has 32 heteroatoms. The molecule has 0 saturated carbocycles. The summed E-state index contributed by atoms with van der Waals surface area (Å²) >= 11 is 0. The smallest absolute Gasteiger partial charge is 0.302 e. The molecule has 0 aliphatic carbocycles. The average Bonchev–Trinajstić information content (AvgIpc) is 1.35. The number of hydrogen-bond acceptors (Lipinski definition) is 2.